The van der Waals surface area contributed by atoms with Crippen LogP contribution in [0.3, 0.4) is 0 Å². The number of hydrazine groups is 1. The highest BCUT2D eigenvalue weighted by atomic mass is 32.1. The van der Waals surface area contributed by atoms with Crippen molar-refractivity contribution in [3.63, 3.8) is 0 Å². The van der Waals surface area contributed by atoms with Gasteiger partial charge in [0, 0.05) is 5.70 Å². The fourth-order valence-electron chi connectivity index (χ4n) is 2.46. The number of nitrogens with one attached hydrogen (secondary N) is 2. The lowest BCUT2D eigenvalue weighted by molar-refractivity contribution is 0.333. The van der Waals surface area contributed by atoms with Crippen molar-refractivity contribution >= 4 is 25.3 Å². The quantitative estimate of drug-likeness (QED) is 0.134. The largest absolute Gasteiger partial charge is 0.323 e. The summed E-state index contributed by atoms with van der Waals surface area (Å²) in [6.07, 6.45) is 2.20. The lowest BCUT2D eigenvalue weighted by atomic mass is 9.84. The SMILES string of the molecule is C=C(CCC(S)(NNC(=C)C(C)(S)CC(C)(C)C)C(=C)C#N)C(C)C. The van der Waals surface area contributed by atoms with Crippen molar-refractivity contribution in [3.8, 4) is 6.07 Å². The second-order valence-electron chi connectivity index (χ2n) is 8.50. The summed E-state index contributed by atoms with van der Waals surface area (Å²) in [6.45, 7) is 24.8. The van der Waals surface area contributed by atoms with Crippen LogP contribution in [0.15, 0.2) is 36.6 Å². The van der Waals surface area contributed by atoms with Crippen LogP contribution in [-0.4, -0.2) is 9.62 Å². The summed E-state index contributed by atoms with van der Waals surface area (Å²) in [7, 11) is 0. The first-order chi connectivity index (χ1) is 11.1. The number of nitrogens with zero attached hydrogens (tertiary/aromatic N) is 1. The summed E-state index contributed by atoms with van der Waals surface area (Å²) in [5.74, 6) is 0.392. The Bertz CT molecular complexity index is 550. The Hall–Kier alpha value is -0.830. The number of nitriles is 1. The highest BCUT2D eigenvalue weighted by Crippen LogP contribution is 2.35. The van der Waals surface area contributed by atoms with Crippen molar-refractivity contribution in [1.29, 1.82) is 5.26 Å². The second-order valence-corrected chi connectivity index (χ2v) is 10.3. The average Bonchev–Trinajstić information content (AvgIpc) is 2.46. The highest BCUT2D eigenvalue weighted by Gasteiger charge is 2.33. The van der Waals surface area contributed by atoms with Gasteiger partial charge in [-0.15, -0.1) is 0 Å². The molecule has 0 aliphatic rings. The minimum atomic E-state index is -0.874. The van der Waals surface area contributed by atoms with Gasteiger partial charge in [0.05, 0.1) is 16.4 Å². The van der Waals surface area contributed by atoms with Gasteiger partial charge >= 0.3 is 0 Å². The molecule has 0 radical (unpaired) electrons. The molecule has 0 bridgehead atoms. The Labute approximate surface area is 165 Å². The van der Waals surface area contributed by atoms with E-state index < -0.39 is 9.62 Å². The van der Waals surface area contributed by atoms with E-state index in [2.05, 4.69) is 71.3 Å². The highest BCUT2D eigenvalue weighted by molar-refractivity contribution is 7.82. The zero-order valence-electron chi connectivity index (χ0n) is 16.7. The van der Waals surface area contributed by atoms with Gasteiger partial charge in [-0.1, -0.05) is 59.9 Å². The van der Waals surface area contributed by atoms with Crippen molar-refractivity contribution in [1.82, 2.24) is 10.9 Å². The number of allylic oxidation sites excluding steroid dienone is 1. The van der Waals surface area contributed by atoms with E-state index in [-0.39, 0.29) is 5.41 Å². The second kappa shape index (κ2) is 9.21. The lowest BCUT2D eigenvalue weighted by Gasteiger charge is -2.37. The molecule has 0 fully saturated rings. The maximum absolute atomic E-state index is 9.30. The Kier molecular flexibility index (Phi) is 8.90. The fraction of sp³-hybridized carbons (Fsp3) is 0.650. The van der Waals surface area contributed by atoms with E-state index in [4.69, 9.17) is 25.3 Å². The number of rotatable bonds is 10. The van der Waals surface area contributed by atoms with E-state index in [1.54, 1.807) is 0 Å². The third kappa shape index (κ3) is 8.40. The molecule has 25 heavy (non-hydrogen) atoms. The van der Waals surface area contributed by atoms with E-state index in [1.165, 1.54) is 0 Å². The molecule has 0 rings (SSSR count). The fourth-order valence-corrected chi connectivity index (χ4v) is 3.21. The van der Waals surface area contributed by atoms with Crippen LogP contribution in [-0.2, 0) is 0 Å². The van der Waals surface area contributed by atoms with Gasteiger partial charge in [0.25, 0.3) is 0 Å². The molecule has 2 N–H and O–H groups in total. The molecule has 0 aromatic heterocycles. The van der Waals surface area contributed by atoms with Crippen LogP contribution < -0.4 is 10.9 Å². The maximum Gasteiger partial charge on any atom is 0.114 e. The van der Waals surface area contributed by atoms with Gasteiger partial charge in [-0.2, -0.15) is 30.5 Å². The van der Waals surface area contributed by atoms with Crippen LogP contribution >= 0.6 is 25.3 Å². The van der Waals surface area contributed by atoms with Gasteiger partial charge in [0.15, 0.2) is 0 Å². The first-order valence-corrected chi connectivity index (χ1v) is 9.48. The molecule has 0 aliphatic carbocycles. The van der Waals surface area contributed by atoms with Crippen molar-refractivity contribution in [3.05, 3.63) is 36.6 Å². The van der Waals surface area contributed by atoms with Crippen molar-refractivity contribution in [2.45, 2.75) is 70.4 Å². The molecule has 0 aromatic carbocycles. The number of thiol groups is 2. The number of hydrogen-bond donors (Lipinski definition) is 4. The van der Waals surface area contributed by atoms with Crippen LogP contribution in [0.4, 0.5) is 0 Å². The summed E-state index contributed by atoms with van der Waals surface area (Å²) >= 11 is 9.45. The predicted octanol–water partition coefficient (Wildman–Crippen LogP) is 5.42. The van der Waals surface area contributed by atoms with Crippen molar-refractivity contribution in [2.24, 2.45) is 11.3 Å². The Morgan fingerprint density at radius 2 is 1.64 bits per heavy atom. The summed E-state index contributed by atoms with van der Waals surface area (Å²) in [5.41, 5.74) is 8.57. The van der Waals surface area contributed by atoms with Crippen LogP contribution in [0.1, 0.15) is 60.8 Å². The predicted molar refractivity (Wildman–Crippen MR) is 117 cm³/mol. The van der Waals surface area contributed by atoms with Crippen LogP contribution in [0.5, 0.6) is 0 Å². The molecule has 2 unspecified atom stereocenters. The Morgan fingerprint density at radius 1 is 1.12 bits per heavy atom. The van der Waals surface area contributed by atoms with Gasteiger partial charge < -0.3 is 5.43 Å². The van der Waals surface area contributed by atoms with Gasteiger partial charge in [0.2, 0.25) is 0 Å². The summed E-state index contributed by atoms with van der Waals surface area (Å²) in [4.78, 5) is -0.874. The van der Waals surface area contributed by atoms with Gasteiger partial charge in [0.1, 0.15) is 4.87 Å². The zero-order chi connectivity index (χ0) is 20.1. The molecule has 0 spiro atoms. The molecule has 3 nitrogen and oxygen atoms in total. The average molecular weight is 382 g/mol. The number of hydrogen-bond acceptors (Lipinski definition) is 5. The smallest absolute Gasteiger partial charge is 0.114 e. The molecule has 0 amide bonds. The molecule has 142 valence electrons. The molecule has 0 aliphatic heterocycles. The molecule has 2 atom stereocenters. The van der Waals surface area contributed by atoms with Gasteiger partial charge in [-0.25, -0.2) is 5.43 Å². The summed E-state index contributed by atoms with van der Waals surface area (Å²) < 4.78 is -0.407. The molecule has 5 heteroatoms. The Morgan fingerprint density at radius 3 is 2.04 bits per heavy atom. The van der Waals surface area contributed by atoms with E-state index in [9.17, 15) is 5.26 Å². The van der Waals surface area contributed by atoms with E-state index in [1.807, 2.05) is 6.92 Å². The molecular weight excluding hydrogens is 346 g/mol. The van der Waals surface area contributed by atoms with Crippen molar-refractivity contribution in [2.75, 3.05) is 0 Å². The van der Waals surface area contributed by atoms with Crippen LogP contribution in [0, 0.1) is 22.7 Å². The molecule has 0 saturated heterocycles. The molecule has 0 aromatic rings. The minimum Gasteiger partial charge on any atom is -0.323 e. The monoisotopic (exact) mass is 381 g/mol. The maximum atomic E-state index is 9.30. The standard InChI is InChI=1S/C20H35N3S2/c1-14(2)15(3)10-11-20(25,16(4)12-21)23-22-17(5)19(9,24)13-18(6,7)8/h14,22-25H,3-5,10-11,13H2,1-2,6-9H3. The van der Waals surface area contributed by atoms with Gasteiger partial charge in [-0.3, -0.25) is 0 Å². The van der Waals surface area contributed by atoms with E-state index in [0.717, 1.165) is 24.1 Å². The van der Waals surface area contributed by atoms with Crippen LogP contribution in [0.2, 0.25) is 0 Å². The van der Waals surface area contributed by atoms with Gasteiger partial charge in [-0.05, 0) is 37.5 Å². The first kappa shape index (κ1) is 24.2. The van der Waals surface area contributed by atoms with Crippen LogP contribution in [0.25, 0.3) is 0 Å². The summed E-state index contributed by atoms with van der Waals surface area (Å²) in [5, 5.41) is 9.30. The lowest BCUT2D eigenvalue weighted by Crippen LogP contribution is -2.51. The third-order valence-corrected chi connectivity index (χ3v) is 5.24. The third-order valence-electron chi connectivity index (χ3n) is 4.20. The molecule has 0 heterocycles. The topological polar surface area (TPSA) is 47.8 Å². The summed E-state index contributed by atoms with van der Waals surface area (Å²) in [6, 6.07) is 2.11. The van der Waals surface area contributed by atoms with E-state index >= 15 is 0 Å². The normalized spacial score (nSPS) is 16.5. The minimum absolute atomic E-state index is 0.116. The molecular formula is C20H35N3S2. The van der Waals surface area contributed by atoms with E-state index in [0.29, 0.717) is 17.9 Å². The first-order valence-electron chi connectivity index (χ1n) is 8.59. The Balaban J connectivity index is 5.06. The zero-order valence-corrected chi connectivity index (χ0v) is 18.5. The molecule has 0 saturated carbocycles. The van der Waals surface area contributed by atoms with Crippen molar-refractivity contribution < 1.29 is 0 Å².